The zero-order valence-electron chi connectivity index (χ0n) is 14.3. The number of fused-ring (bicyclic) bond motifs is 1. The molecule has 27 heavy (non-hydrogen) atoms. The highest BCUT2D eigenvalue weighted by molar-refractivity contribution is 7.91. The van der Waals surface area contributed by atoms with E-state index in [1.807, 2.05) is 0 Å². The van der Waals surface area contributed by atoms with E-state index in [4.69, 9.17) is 11.6 Å². The van der Waals surface area contributed by atoms with Crippen molar-refractivity contribution in [3.05, 3.63) is 51.8 Å². The van der Waals surface area contributed by atoms with Gasteiger partial charge in [0.25, 0.3) is 11.8 Å². The van der Waals surface area contributed by atoms with Crippen LogP contribution in [0.25, 0.3) is 0 Å². The molecule has 1 fully saturated rings. The maximum absolute atomic E-state index is 12.4. The van der Waals surface area contributed by atoms with Crippen LogP contribution in [-0.2, 0) is 9.84 Å². The van der Waals surface area contributed by atoms with Gasteiger partial charge in [0.05, 0.1) is 46.1 Å². The molecule has 8 nitrogen and oxygen atoms in total. The van der Waals surface area contributed by atoms with E-state index >= 15 is 0 Å². The molecule has 0 saturated carbocycles. The fourth-order valence-electron chi connectivity index (χ4n) is 3.29. The number of amides is 2. The lowest BCUT2D eigenvalue weighted by Crippen LogP contribution is -2.24. The fourth-order valence-corrected chi connectivity index (χ4v) is 5.34. The number of rotatable bonds is 3. The molecule has 1 saturated heterocycles. The molecule has 2 aliphatic heterocycles. The van der Waals surface area contributed by atoms with E-state index in [0.717, 1.165) is 5.01 Å². The number of hydrogen-bond donors (Lipinski definition) is 0. The number of carbonyl (C=O) groups excluding carboxylic acids is 2. The lowest BCUT2D eigenvalue weighted by Gasteiger charge is -2.09. The summed E-state index contributed by atoms with van der Waals surface area (Å²) in [6.45, 7) is 1.70. The van der Waals surface area contributed by atoms with Crippen molar-refractivity contribution < 1.29 is 18.0 Å². The topological polar surface area (TPSA) is 102 Å². The predicted molar refractivity (Wildman–Crippen MR) is 98.8 cm³/mol. The van der Waals surface area contributed by atoms with E-state index in [2.05, 4.69) is 10.2 Å². The van der Waals surface area contributed by atoms with Gasteiger partial charge >= 0.3 is 0 Å². The highest BCUT2D eigenvalue weighted by Crippen LogP contribution is 2.29. The minimum atomic E-state index is -3.09. The summed E-state index contributed by atoms with van der Waals surface area (Å²) in [5.41, 5.74) is 1.57. The van der Waals surface area contributed by atoms with Gasteiger partial charge in [0, 0.05) is 0 Å². The Kier molecular flexibility index (Phi) is 4.15. The van der Waals surface area contributed by atoms with Crippen LogP contribution < -0.4 is 0 Å². The molecule has 10 heteroatoms. The second-order valence-corrected chi connectivity index (χ2v) is 9.09. The molecule has 140 valence electrons. The smallest absolute Gasteiger partial charge is 0.267 e. The third-order valence-corrected chi connectivity index (χ3v) is 6.83. The Morgan fingerprint density at radius 2 is 1.85 bits per heavy atom. The van der Waals surface area contributed by atoms with Crippen LogP contribution in [0.2, 0.25) is 5.15 Å². The van der Waals surface area contributed by atoms with Gasteiger partial charge in [-0.3, -0.25) is 9.59 Å². The molecule has 2 aromatic rings. The lowest BCUT2D eigenvalue weighted by molar-refractivity contribution is 0.0660. The Balaban J connectivity index is 1.63. The summed E-state index contributed by atoms with van der Waals surface area (Å²) >= 11 is 6.38. The van der Waals surface area contributed by atoms with Crippen LogP contribution in [0.5, 0.6) is 0 Å². The maximum atomic E-state index is 12.4. The largest absolute Gasteiger partial charge is 0.282 e. The fraction of sp³-hybridized carbons (Fsp3) is 0.294. The second kappa shape index (κ2) is 6.28. The molecule has 0 radical (unpaired) electrons. The number of sulfone groups is 1. The summed E-state index contributed by atoms with van der Waals surface area (Å²) in [6.07, 6.45) is 1.75. The summed E-state index contributed by atoms with van der Waals surface area (Å²) in [5, 5.41) is 9.36. The molecule has 1 aromatic heterocycles. The molecular weight excluding hydrogens is 392 g/mol. The van der Waals surface area contributed by atoms with Crippen molar-refractivity contribution in [2.24, 2.45) is 5.10 Å². The standard InChI is InChI=1S/C17H15ClN4O4S/c1-10-14(15(18)21(20-10)11-6-7-27(25,26)9-11)8-19-22-16(23)12-4-2-3-5-13(12)17(22)24/h2-5,8,11H,6-7,9H2,1H3/t11-/m0/s1. The quantitative estimate of drug-likeness (QED) is 0.571. The highest BCUT2D eigenvalue weighted by atomic mass is 35.5. The van der Waals surface area contributed by atoms with Crippen LogP contribution in [0.15, 0.2) is 29.4 Å². The number of nitrogens with zero attached hydrogens (tertiary/aromatic N) is 4. The van der Waals surface area contributed by atoms with Gasteiger partial charge < -0.3 is 0 Å². The number of aromatic nitrogens is 2. The molecule has 0 spiro atoms. The average molecular weight is 407 g/mol. The van der Waals surface area contributed by atoms with Crippen molar-refractivity contribution in [1.29, 1.82) is 0 Å². The van der Waals surface area contributed by atoms with Gasteiger partial charge in [-0.25, -0.2) is 13.1 Å². The Labute approximate surface area is 160 Å². The average Bonchev–Trinajstić information content (AvgIpc) is 3.21. The molecular formula is C17H15ClN4O4S. The molecule has 0 aliphatic carbocycles. The van der Waals surface area contributed by atoms with Gasteiger partial charge in [0.15, 0.2) is 9.84 Å². The predicted octanol–water partition coefficient (Wildman–Crippen LogP) is 1.83. The van der Waals surface area contributed by atoms with Crippen molar-refractivity contribution in [2.75, 3.05) is 11.5 Å². The molecule has 3 heterocycles. The van der Waals surface area contributed by atoms with Crippen molar-refractivity contribution in [3.8, 4) is 0 Å². The summed E-state index contributed by atoms with van der Waals surface area (Å²) in [7, 11) is -3.09. The Hall–Kier alpha value is -2.52. The molecule has 1 atom stereocenters. The van der Waals surface area contributed by atoms with E-state index in [1.54, 1.807) is 31.2 Å². The highest BCUT2D eigenvalue weighted by Gasteiger charge is 2.35. The van der Waals surface area contributed by atoms with Crippen LogP contribution in [0.3, 0.4) is 0 Å². The van der Waals surface area contributed by atoms with Gasteiger partial charge in [-0.1, -0.05) is 23.7 Å². The first-order valence-corrected chi connectivity index (χ1v) is 10.5. The van der Waals surface area contributed by atoms with Crippen LogP contribution in [0, 0.1) is 6.92 Å². The monoisotopic (exact) mass is 406 g/mol. The number of imide groups is 1. The van der Waals surface area contributed by atoms with Gasteiger partial charge in [0.2, 0.25) is 0 Å². The van der Waals surface area contributed by atoms with Crippen LogP contribution in [0.4, 0.5) is 0 Å². The van der Waals surface area contributed by atoms with E-state index in [9.17, 15) is 18.0 Å². The first kappa shape index (κ1) is 17.9. The summed E-state index contributed by atoms with van der Waals surface area (Å²) in [6, 6.07) is 6.17. The first-order valence-electron chi connectivity index (χ1n) is 8.25. The lowest BCUT2D eigenvalue weighted by atomic mass is 10.1. The number of benzene rings is 1. The second-order valence-electron chi connectivity index (χ2n) is 6.50. The number of carbonyl (C=O) groups is 2. The van der Waals surface area contributed by atoms with Crippen molar-refractivity contribution in [1.82, 2.24) is 14.8 Å². The van der Waals surface area contributed by atoms with E-state index in [0.29, 0.717) is 28.8 Å². The van der Waals surface area contributed by atoms with Gasteiger partial charge in [-0.15, -0.1) is 0 Å². The van der Waals surface area contributed by atoms with Crippen LogP contribution in [0.1, 0.15) is 44.4 Å². The van der Waals surface area contributed by atoms with Crippen molar-refractivity contribution in [3.63, 3.8) is 0 Å². The summed E-state index contributed by atoms with van der Waals surface area (Å²) in [5.74, 6) is -0.918. The third kappa shape index (κ3) is 2.96. The molecule has 0 unspecified atom stereocenters. The first-order chi connectivity index (χ1) is 12.8. The Morgan fingerprint density at radius 1 is 1.22 bits per heavy atom. The number of hydrogen-bond acceptors (Lipinski definition) is 6. The zero-order valence-corrected chi connectivity index (χ0v) is 15.9. The molecule has 2 aliphatic rings. The van der Waals surface area contributed by atoms with E-state index in [-0.39, 0.29) is 22.7 Å². The molecule has 0 N–H and O–H groups in total. The summed E-state index contributed by atoms with van der Waals surface area (Å²) < 4.78 is 24.9. The summed E-state index contributed by atoms with van der Waals surface area (Å²) in [4.78, 5) is 24.7. The van der Waals surface area contributed by atoms with Crippen LogP contribution in [-0.4, -0.2) is 52.7 Å². The maximum Gasteiger partial charge on any atom is 0.282 e. The molecule has 2 amide bonds. The van der Waals surface area contributed by atoms with Gasteiger partial charge in [-0.05, 0) is 25.5 Å². The van der Waals surface area contributed by atoms with Gasteiger partial charge in [0.1, 0.15) is 5.15 Å². The molecule has 4 rings (SSSR count). The van der Waals surface area contributed by atoms with Crippen LogP contribution >= 0.6 is 11.6 Å². The molecule has 0 bridgehead atoms. The third-order valence-electron chi connectivity index (χ3n) is 4.70. The van der Waals surface area contributed by atoms with Crippen molar-refractivity contribution >= 4 is 39.5 Å². The van der Waals surface area contributed by atoms with Crippen molar-refractivity contribution in [2.45, 2.75) is 19.4 Å². The number of aryl methyl sites for hydroxylation is 1. The molecule has 1 aromatic carbocycles. The minimum Gasteiger partial charge on any atom is -0.267 e. The Morgan fingerprint density at radius 3 is 2.41 bits per heavy atom. The number of hydrazone groups is 1. The van der Waals surface area contributed by atoms with Gasteiger partial charge in [-0.2, -0.15) is 15.2 Å². The minimum absolute atomic E-state index is 0.0111. The normalized spacial score (nSPS) is 21.4. The number of halogens is 1. The Bertz CT molecular complexity index is 1070. The zero-order chi connectivity index (χ0) is 19.3. The van der Waals surface area contributed by atoms with E-state index in [1.165, 1.54) is 10.9 Å². The SMILES string of the molecule is Cc1nn([C@H]2CCS(=O)(=O)C2)c(Cl)c1C=NN1C(=O)c2ccccc2C1=O. The van der Waals surface area contributed by atoms with E-state index < -0.39 is 21.7 Å².